The number of esters is 1. The monoisotopic (exact) mass is 409 g/mol. The van der Waals surface area contributed by atoms with Crippen LogP contribution in [0.15, 0.2) is 23.0 Å². The fourth-order valence-corrected chi connectivity index (χ4v) is 3.72. The van der Waals surface area contributed by atoms with Crippen LogP contribution in [0.1, 0.15) is 21.1 Å². The largest absolute Gasteiger partial charge is 0.451 e. The number of aryl methyl sites for hydroxylation is 2. The van der Waals surface area contributed by atoms with Gasteiger partial charge in [-0.3, -0.25) is 9.59 Å². The van der Waals surface area contributed by atoms with E-state index in [1.807, 2.05) is 0 Å². The third-order valence-electron chi connectivity index (χ3n) is 3.64. The Kier molecular flexibility index (Phi) is 5.24. The number of aromatic nitrogens is 2. The molecule has 0 atom stereocenters. The van der Waals surface area contributed by atoms with Crippen molar-refractivity contribution in [1.29, 1.82) is 0 Å². The van der Waals surface area contributed by atoms with Gasteiger partial charge in [0.25, 0.3) is 11.5 Å². The Labute approximate surface area is 161 Å². The zero-order valence-corrected chi connectivity index (χ0v) is 15.8. The molecule has 2 N–H and O–H groups in total. The number of nitrogens with one attached hydrogen (secondary N) is 2. The van der Waals surface area contributed by atoms with E-state index in [0.717, 1.165) is 17.4 Å². The fraction of sp³-hybridized carbons (Fsp3) is 0.176. The van der Waals surface area contributed by atoms with Crippen LogP contribution in [-0.4, -0.2) is 28.5 Å². The van der Waals surface area contributed by atoms with E-state index in [4.69, 9.17) is 16.3 Å². The SMILES string of the molecule is Cc1nc2sc(C(=O)OCC(=O)Nc3cc(Cl)ccc3F)c(C)c2c(=O)[nH]1. The van der Waals surface area contributed by atoms with Crippen molar-refractivity contribution >= 4 is 50.7 Å². The molecular weight excluding hydrogens is 397 g/mol. The van der Waals surface area contributed by atoms with Gasteiger partial charge in [-0.25, -0.2) is 14.2 Å². The molecule has 2 aromatic heterocycles. The molecular formula is C17H13ClFN3O4S. The maximum atomic E-state index is 13.6. The van der Waals surface area contributed by atoms with Crippen molar-refractivity contribution in [1.82, 2.24) is 9.97 Å². The minimum absolute atomic E-state index is 0.118. The van der Waals surface area contributed by atoms with Crippen LogP contribution in [0, 0.1) is 19.7 Å². The van der Waals surface area contributed by atoms with Gasteiger partial charge in [0.1, 0.15) is 21.3 Å². The van der Waals surface area contributed by atoms with E-state index in [9.17, 15) is 18.8 Å². The van der Waals surface area contributed by atoms with Gasteiger partial charge < -0.3 is 15.0 Å². The number of carbonyl (C=O) groups excluding carboxylic acids is 2. The highest BCUT2D eigenvalue weighted by molar-refractivity contribution is 7.20. The Balaban J connectivity index is 1.72. The molecule has 0 fully saturated rings. The van der Waals surface area contributed by atoms with Crippen molar-refractivity contribution in [3.8, 4) is 0 Å². The molecule has 0 unspecified atom stereocenters. The molecule has 0 saturated carbocycles. The summed E-state index contributed by atoms with van der Waals surface area (Å²) in [5.74, 6) is -1.74. The Bertz CT molecular complexity index is 1130. The van der Waals surface area contributed by atoms with E-state index < -0.39 is 24.3 Å². The third kappa shape index (κ3) is 3.99. The number of thiophene rings is 1. The fourth-order valence-electron chi connectivity index (χ4n) is 2.42. The molecule has 27 heavy (non-hydrogen) atoms. The molecule has 3 rings (SSSR count). The lowest BCUT2D eigenvalue weighted by molar-refractivity contribution is -0.119. The number of fused-ring (bicyclic) bond motifs is 1. The van der Waals surface area contributed by atoms with E-state index in [1.54, 1.807) is 13.8 Å². The number of rotatable bonds is 4. The van der Waals surface area contributed by atoms with Gasteiger partial charge in [-0.1, -0.05) is 11.6 Å². The van der Waals surface area contributed by atoms with Gasteiger partial charge >= 0.3 is 5.97 Å². The number of ether oxygens (including phenoxy) is 1. The molecule has 0 spiro atoms. The van der Waals surface area contributed by atoms with Crippen LogP contribution < -0.4 is 10.9 Å². The molecule has 10 heteroatoms. The normalized spacial score (nSPS) is 10.8. The molecule has 0 bridgehead atoms. The average molecular weight is 410 g/mol. The van der Waals surface area contributed by atoms with Crippen molar-refractivity contribution in [2.75, 3.05) is 11.9 Å². The first-order valence-electron chi connectivity index (χ1n) is 7.68. The Morgan fingerprint density at radius 2 is 2.11 bits per heavy atom. The van der Waals surface area contributed by atoms with Gasteiger partial charge in [0.15, 0.2) is 6.61 Å². The zero-order chi connectivity index (χ0) is 19.7. The summed E-state index contributed by atoms with van der Waals surface area (Å²) < 4.78 is 18.6. The third-order valence-corrected chi connectivity index (χ3v) is 5.04. The summed E-state index contributed by atoms with van der Waals surface area (Å²) in [6.45, 7) is 2.61. The minimum Gasteiger partial charge on any atom is -0.451 e. The lowest BCUT2D eigenvalue weighted by Gasteiger charge is -2.07. The van der Waals surface area contributed by atoms with Crippen molar-refractivity contribution < 1.29 is 18.7 Å². The number of halogens is 2. The molecule has 0 aliphatic rings. The Morgan fingerprint density at radius 3 is 2.85 bits per heavy atom. The zero-order valence-electron chi connectivity index (χ0n) is 14.2. The number of anilines is 1. The first kappa shape index (κ1) is 19.0. The molecule has 1 amide bonds. The second-order valence-corrected chi connectivity index (χ2v) is 7.07. The smallest absolute Gasteiger partial charge is 0.349 e. The van der Waals surface area contributed by atoms with Crippen molar-refractivity contribution in [3.05, 3.63) is 55.7 Å². The van der Waals surface area contributed by atoms with Crippen molar-refractivity contribution in [2.24, 2.45) is 0 Å². The number of hydrogen-bond acceptors (Lipinski definition) is 6. The lowest BCUT2D eigenvalue weighted by atomic mass is 10.2. The maximum absolute atomic E-state index is 13.6. The number of hydrogen-bond donors (Lipinski definition) is 2. The summed E-state index contributed by atoms with van der Waals surface area (Å²) in [6, 6.07) is 3.69. The number of amides is 1. The summed E-state index contributed by atoms with van der Waals surface area (Å²) in [5.41, 5.74) is -0.0395. The highest BCUT2D eigenvalue weighted by atomic mass is 35.5. The summed E-state index contributed by atoms with van der Waals surface area (Å²) >= 11 is 6.76. The van der Waals surface area contributed by atoms with Crippen LogP contribution in [0.2, 0.25) is 5.02 Å². The number of benzene rings is 1. The van der Waals surface area contributed by atoms with E-state index in [1.165, 1.54) is 12.1 Å². The van der Waals surface area contributed by atoms with E-state index in [-0.39, 0.29) is 21.1 Å². The first-order valence-corrected chi connectivity index (χ1v) is 8.87. The minimum atomic E-state index is -0.769. The lowest BCUT2D eigenvalue weighted by Crippen LogP contribution is -2.21. The van der Waals surface area contributed by atoms with Gasteiger partial charge in [-0.2, -0.15) is 0 Å². The molecule has 0 radical (unpaired) electrons. The van der Waals surface area contributed by atoms with Crippen LogP contribution >= 0.6 is 22.9 Å². The summed E-state index contributed by atoms with van der Waals surface area (Å²) in [7, 11) is 0. The number of aromatic amines is 1. The molecule has 7 nitrogen and oxygen atoms in total. The first-order chi connectivity index (χ1) is 12.8. The van der Waals surface area contributed by atoms with E-state index in [0.29, 0.717) is 21.6 Å². The number of nitrogens with zero attached hydrogens (tertiary/aromatic N) is 1. The molecule has 3 aromatic rings. The molecule has 0 aliphatic heterocycles. The molecule has 140 valence electrons. The van der Waals surface area contributed by atoms with Crippen LogP contribution in [0.4, 0.5) is 10.1 Å². The van der Waals surface area contributed by atoms with Crippen molar-refractivity contribution in [2.45, 2.75) is 13.8 Å². The highest BCUT2D eigenvalue weighted by Gasteiger charge is 2.21. The second kappa shape index (κ2) is 7.45. The predicted molar refractivity (Wildman–Crippen MR) is 100 cm³/mol. The Morgan fingerprint density at radius 1 is 1.37 bits per heavy atom. The predicted octanol–water partition coefficient (Wildman–Crippen LogP) is 3.19. The number of carbonyl (C=O) groups is 2. The Hall–Kier alpha value is -2.78. The van der Waals surface area contributed by atoms with Gasteiger partial charge in [0.2, 0.25) is 0 Å². The molecule has 1 aromatic carbocycles. The quantitative estimate of drug-likeness (QED) is 0.644. The second-order valence-electron chi connectivity index (χ2n) is 5.64. The summed E-state index contributed by atoms with van der Waals surface area (Å²) in [4.78, 5) is 43.6. The molecule has 0 saturated heterocycles. The van der Waals surface area contributed by atoms with Crippen LogP contribution in [0.5, 0.6) is 0 Å². The van der Waals surface area contributed by atoms with E-state index in [2.05, 4.69) is 15.3 Å². The molecule has 0 aliphatic carbocycles. The van der Waals surface area contributed by atoms with Gasteiger partial charge in [-0.05, 0) is 37.6 Å². The molecule has 2 heterocycles. The summed E-state index contributed by atoms with van der Waals surface area (Å²) in [6.07, 6.45) is 0. The van der Waals surface area contributed by atoms with Crippen LogP contribution in [0.25, 0.3) is 10.2 Å². The topological polar surface area (TPSA) is 101 Å². The average Bonchev–Trinajstić information content (AvgIpc) is 2.92. The summed E-state index contributed by atoms with van der Waals surface area (Å²) in [5, 5.41) is 2.83. The van der Waals surface area contributed by atoms with Crippen LogP contribution in [-0.2, 0) is 9.53 Å². The van der Waals surface area contributed by atoms with Gasteiger partial charge in [0, 0.05) is 5.02 Å². The number of H-pyrrole nitrogens is 1. The highest BCUT2D eigenvalue weighted by Crippen LogP contribution is 2.27. The van der Waals surface area contributed by atoms with Crippen molar-refractivity contribution in [3.63, 3.8) is 0 Å². The maximum Gasteiger partial charge on any atom is 0.349 e. The van der Waals surface area contributed by atoms with Crippen LogP contribution in [0.3, 0.4) is 0 Å². The van der Waals surface area contributed by atoms with Gasteiger partial charge in [-0.15, -0.1) is 11.3 Å². The van der Waals surface area contributed by atoms with Gasteiger partial charge in [0.05, 0.1) is 11.1 Å². The standard InChI is InChI=1S/C17H13ClFN3O4S/c1-7-13-15(24)20-8(2)21-16(13)27-14(7)17(25)26-6-12(23)22-11-5-9(18)3-4-10(11)19/h3-5H,6H2,1-2H3,(H,22,23)(H,20,21,24). The van der Waals surface area contributed by atoms with E-state index >= 15 is 0 Å².